The van der Waals surface area contributed by atoms with Crippen LogP contribution in [-0.2, 0) is 29.1 Å². The smallest absolute Gasteiger partial charge is 0.328 e. The zero-order valence-electron chi connectivity index (χ0n) is 15.4. The molecule has 9 nitrogen and oxygen atoms in total. The van der Waals surface area contributed by atoms with Crippen molar-refractivity contribution >= 4 is 51.1 Å². The molecule has 2 rings (SSSR count). The number of methoxy groups -OCH3 is 1. The first-order valence-corrected chi connectivity index (χ1v) is 10.8. The molecule has 2 atom stereocenters. The van der Waals surface area contributed by atoms with Gasteiger partial charge in [-0.2, -0.15) is 4.31 Å². The lowest BCUT2D eigenvalue weighted by molar-refractivity contribution is -0.146. The van der Waals surface area contributed by atoms with E-state index >= 15 is 0 Å². The van der Waals surface area contributed by atoms with Crippen LogP contribution >= 0.6 is 23.2 Å². The van der Waals surface area contributed by atoms with Gasteiger partial charge in [0.25, 0.3) is 0 Å². The number of carboxylic acids is 1. The SMILES string of the molecule is COC(=O)[C@H](CCC(=O)O)NC(=O)C1CCCN1S(=O)(=O)c1cc(Cl)cc(Cl)c1. The number of nitrogens with zero attached hydrogens (tertiary/aromatic N) is 1. The molecule has 0 saturated carbocycles. The molecule has 0 spiro atoms. The van der Waals surface area contributed by atoms with Gasteiger partial charge in [0, 0.05) is 23.0 Å². The minimum atomic E-state index is -4.07. The Balaban J connectivity index is 2.22. The van der Waals surface area contributed by atoms with Crippen molar-refractivity contribution in [2.75, 3.05) is 13.7 Å². The highest BCUT2D eigenvalue weighted by Gasteiger charge is 2.40. The highest BCUT2D eigenvalue weighted by molar-refractivity contribution is 7.89. The number of esters is 1. The van der Waals surface area contributed by atoms with Gasteiger partial charge in [0.15, 0.2) is 0 Å². The topological polar surface area (TPSA) is 130 Å². The highest BCUT2D eigenvalue weighted by atomic mass is 35.5. The maximum absolute atomic E-state index is 13.0. The minimum absolute atomic E-state index is 0.0998. The molecule has 1 aliphatic rings. The third-order valence-electron chi connectivity index (χ3n) is 4.40. The average Bonchev–Trinajstić information content (AvgIpc) is 3.14. The molecule has 29 heavy (non-hydrogen) atoms. The normalized spacial score (nSPS) is 18.2. The van der Waals surface area contributed by atoms with E-state index in [9.17, 15) is 22.8 Å². The van der Waals surface area contributed by atoms with E-state index in [1.165, 1.54) is 18.2 Å². The van der Waals surface area contributed by atoms with Crippen molar-refractivity contribution in [3.8, 4) is 0 Å². The Hall–Kier alpha value is -1.88. The first-order valence-electron chi connectivity index (χ1n) is 8.64. The molecule has 0 radical (unpaired) electrons. The number of aliphatic carboxylic acids is 1. The molecule has 1 heterocycles. The molecular formula is C17H20Cl2N2O7S. The molecule has 0 aromatic heterocycles. The third-order valence-corrected chi connectivity index (χ3v) is 6.72. The summed E-state index contributed by atoms with van der Waals surface area (Å²) < 4.78 is 31.6. The largest absolute Gasteiger partial charge is 0.481 e. The average molecular weight is 467 g/mol. The summed E-state index contributed by atoms with van der Waals surface area (Å²) in [5.41, 5.74) is 0. The van der Waals surface area contributed by atoms with E-state index in [1.807, 2.05) is 0 Å². The number of carbonyl (C=O) groups is 3. The predicted octanol–water partition coefficient (Wildman–Crippen LogP) is 1.67. The van der Waals surface area contributed by atoms with E-state index in [1.54, 1.807) is 0 Å². The summed E-state index contributed by atoms with van der Waals surface area (Å²) in [5.74, 6) is -2.66. The molecule has 1 saturated heterocycles. The van der Waals surface area contributed by atoms with Crippen molar-refractivity contribution in [3.05, 3.63) is 28.2 Å². The quantitative estimate of drug-likeness (QED) is 0.557. The number of amides is 1. The summed E-state index contributed by atoms with van der Waals surface area (Å²) in [5, 5.41) is 11.5. The van der Waals surface area contributed by atoms with Crippen LogP contribution in [-0.4, -0.2) is 61.4 Å². The zero-order chi connectivity index (χ0) is 21.8. The fraction of sp³-hybridized carbons (Fsp3) is 0.471. The van der Waals surface area contributed by atoms with Crippen LogP contribution in [0.5, 0.6) is 0 Å². The molecule has 1 unspecified atom stereocenters. The summed E-state index contributed by atoms with van der Waals surface area (Å²) in [6.07, 6.45) is 0.126. The van der Waals surface area contributed by atoms with Crippen molar-refractivity contribution in [2.24, 2.45) is 0 Å². The zero-order valence-corrected chi connectivity index (χ0v) is 17.8. The second-order valence-electron chi connectivity index (χ2n) is 6.40. The Morgan fingerprint density at radius 3 is 2.45 bits per heavy atom. The van der Waals surface area contributed by atoms with Crippen LogP contribution in [0.3, 0.4) is 0 Å². The van der Waals surface area contributed by atoms with E-state index in [4.69, 9.17) is 28.3 Å². The Morgan fingerprint density at radius 1 is 1.28 bits per heavy atom. The lowest BCUT2D eigenvalue weighted by atomic mass is 10.1. The maximum Gasteiger partial charge on any atom is 0.328 e. The number of hydrogen-bond donors (Lipinski definition) is 2. The van der Waals surface area contributed by atoms with Gasteiger partial charge in [0.05, 0.1) is 12.0 Å². The van der Waals surface area contributed by atoms with Gasteiger partial charge in [0.1, 0.15) is 12.1 Å². The van der Waals surface area contributed by atoms with Gasteiger partial charge >= 0.3 is 11.9 Å². The lowest BCUT2D eigenvalue weighted by Gasteiger charge is -2.25. The van der Waals surface area contributed by atoms with Crippen LogP contribution in [0, 0.1) is 0 Å². The molecule has 1 aromatic rings. The number of ether oxygens (including phenoxy) is 1. The number of hydrogen-bond acceptors (Lipinski definition) is 6. The highest BCUT2D eigenvalue weighted by Crippen LogP contribution is 2.29. The molecule has 1 fully saturated rings. The Labute approximate surface area is 178 Å². The number of carboxylic acid groups (broad SMARTS) is 1. The van der Waals surface area contributed by atoms with Crippen molar-refractivity contribution < 1.29 is 32.6 Å². The molecule has 0 aliphatic carbocycles. The summed E-state index contributed by atoms with van der Waals surface area (Å²) in [6, 6.07) is 1.60. The first kappa shape index (κ1) is 23.4. The standard InChI is InChI=1S/C17H20Cl2N2O7S/c1-28-17(25)13(4-5-15(22)23)20-16(24)14-3-2-6-21(14)29(26,27)12-8-10(18)7-11(19)9-12/h7-9,13-14H,2-6H2,1H3,(H,20,24)(H,22,23)/t13-,14?/m0/s1. The van der Waals surface area contributed by atoms with Crippen LogP contribution in [0.4, 0.5) is 0 Å². The van der Waals surface area contributed by atoms with E-state index in [2.05, 4.69) is 10.1 Å². The molecule has 12 heteroatoms. The second kappa shape index (κ2) is 9.75. The molecular weight excluding hydrogens is 447 g/mol. The molecule has 1 aromatic carbocycles. The van der Waals surface area contributed by atoms with E-state index in [0.717, 1.165) is 11.4 Å². The van der Waals surface area contributed by atoms with Gasteiger partial charge < -0.3 is 15.2 Å². The number of rotatable bonds is 8. The molecule has 0 bridgehead atoms. The lowest BCUT2D eigenvalue weighted by Crippen LogP contribution is -2.51. The molecule has 1 amide bonds. The van der Waals surface area contributed by atoms with E-state index in [-0.39, 0.29) is 40.7 Å². The van der Waals surface area contributed by atoms with Gasteiger partial charge in [-0.25, -0.2) is 13.2 Å². The molecule has 160 valence electrons. The van der Waals surface area contributed by atoms with Crippen LogP contribution in [0.1, 0.15) is 25.7 Å². The fourth-order valence-electron chi connectivity index (χ4n) is 3.03. The van der Waals surface area contributed by atoms with E-state index < -0.39 is 40.0 Å². The van der Waals surface area contributed by atoms with Crippen molar-refractivity contribution in [3.63, 3.8) is 0 Å². The monoisotopic (exact) mass is 466 g/mol. The van der Waals surface area contributed by atoms with Crippen molar-refractivity contribution in [1.29, 1.82) is 0 Å². The Morgan fingerprint density at radius 2 is 1.90 bits per heavy atom. The van der Waals surface area contributed by atoms with E-state index in [0.29, 0.717) is 6.42 Å². The van der Waals surface area contributed by atoms with Crippen molar-refractivity contribution in [2.45, 2.75) is 42.7 Å². The van der Waals surface area contributed by atoms with Crippen LogP contribution in [0.2, 0.25) is 10.0 Å². The predicted molar refractivity (Wildman–Crippen MR) is 104 cm³/mol. The van der Waals surface area contributed by atoms with Gasteiger partial charge in [-0.3, -0.25) is 9.59 Å². The summed E-state index contributed by atoms with van der Waals surface area (Å²) in [6.45, 7) is 0.0998. The van der Waals surface area contributed by atoms with Crippen molar-refractivity contribution in [1.82, 2.24) is 9.62 Å². The van der Waals surface area contributed by atoms with Gasteiger partial charge in [-0.05, 0) is 37.5 Å². The second-order valence-corrected chi connectivity index (χ2v) is 9.16. The summed E-state index contributed by atoms with van der Waals surface area (Å²) in [7, 11) is -2.96. The first-order chi connectivity index (χ1) is 13.6. The number of sulfonamides is 1. The van der Waals surface area contributed by atoms with Crippen LogP contribution in [0.15, 0.2) is 23.1 Å². The Bertz CT molecular complexity index is 887. The fourth-order valence-corrected chi connectivity index (χ4v) is 5.41. The van der Waals surface area contributed by atoms with Gasteiger partial charge in [0.2, 0.25) is 15.9 Å². The summed E-state index contributed by atoms with van der Waals surface area (Å²) >= 11 is 11.8. The minimum Gasteiger partial charge on any atom is -0.481 e. The number of benzene rings is 1. The van der Waals surface area contributed by atoms with Crippen LogP contribution < -0.4 is 5.32 Å². The molecule has 1 aliphatic heterocycles. The number of carbonyl (C=O) groups excluding carboxylic acids is 2. The Kier molecular flexibility index (Phi) is 7.87. The maximum atomic E-state index is 13.0. The van der Waals surface area contributed by atoms with Gasteiger partial charge in [-0.15, -0.1) is 0 Å². The van der Waals surface area contributed by atoms with Crippen LogP contribution in [0.25, 0.3) is 0 Å². The summed E-state index contributed by atoms with van der Waals surface area (Å²) in [4.78, 5) is 35.2. The third kappa shape index (κ3) is 5.81. The van der Waals surface area contributed by atoms with Gasteiger partial charge in [-0.1, -0.05) is 23.2 Å². The number of halogens is 2. The molecule has 2 N–H and O–H groups in total. The number of nitrogens with one attached hydrogen (secondary N) is 1.